The van der Waals surface area contributed by atoms with Crippen LogP contribution in [0.3, 0.4) is 0 Å². The zero-order valence-electron chi connectivity index (χ0n) is 17.4. The molecule has 5 atom stereocenters. The Morgan fingerprint density at radius 1 is 1.39 bits per heavy atom. The van der Waals surface area contributed by atoms with Crippen LogP contribution < -0.4 is 10.1 Å². The third-order valence-electron chi connectivity index (χ3n) is 7.79. The average Bonchev–Trinajstić information content (AvgIpc) is 3.15. The van der Waals surface area contributed by atoms with Crippen LogP contribution in [0, 0.1) is 28.5 Å². The number of nitrogens with one attached hydrogen (secondary N) is 1. The van der Waals surface area contributed by atoms with Gasteiger partial charge in [-0.3, -0.25) is 4.79 Å². The smallest absolute Gasteiger partial charge is 0.220 e. The molecule has 3 fully saturated rings. The Hall–Kier alpha value is -1.62. The fourth-order valence-electron chi connectivity index (χ4n) is 6.43. The lowest BCUT2D eigenvalue weighted by atomic mass is 9.59. The lowest BCUT2D eigenvalue weighted by Crippen LogP contribution is -2.58. The molecule has 1 heterocycles. The molecule has 2 aliphatic carbocycles. The van der Waals surface area contributed by atoms with E-state index in [0.717, 1.165) is 31.2 Å². The highest BCUT2D eigenvalue weighted by molar-refractivity contribution is 5.76. The molecule has 1 saturated heterocycles. The molecular weight excluding hydrogens is 357 g/mol. The van der Waals surface area contributed by atoms with E-state index in [4.69, 9.17) is 9.47 Å². The van der Waals surface area contributed by atoms with Crippen LogP contribution in [-0.4, -0.2) is 25.7 Å². The minimum Gasteiger partial charge on any atom is -0.494 e. The SMILES string of the molecule is CCCC(=O)N[C@@H]1C(C)(C)[C@@H]2C[C@@H]3[C@@H](c4ccc(F)c(OC)c4)OCCC31C2. The number of fused-ring (bicyclic) bond motifs is 1. The second-order valence-electron chi connectivity index (χ2n) is 9.48. The van der Waals surface area contributed by atoms with Crippen LogP contribution in [0.25, 0.3) is 0 Å². The molecule has 1 unspecified atom stereocenters. The van der Waals surface area contributed by atoms with Crippen molar-refractivity contribution in [3.8, 4) is 5.75 Å². The Labute approximate surface area is 167 Å². The quantitative estimate of drug-likeness (QED) is 0.798. The number of rotatable bonds is 5. The van der Waals surface area contributed by atoms with Gasteiger partial charge >= 0.3 is 0 Å². The molecule has 5 heteroatoms. The molecule has 1 amide bonds. The van der Waals surface area contributed by atoms with E-state index in [0.29, 0.717) is 24.9 Å². The van der Waals surface area contributed by atoms with Crippen LogP contribution in [0.2, 0.25) is 0 Å². The minimum atomic E-state index is -0.351. The van der Waals surface area contributed by atoms with Crippen LogP contribution in [-0.2, 0) is 9.53 Å². The van der Waals surface area contributed by atoms with E-state index in [1.807, 2.05) is 13.0 Å². The predicted octanol–water partition coefficient (Wildman–Crippen LogP) is 4.63. The molecule has 1 aliphatic heterocycles. The van der Waals surface area contributed by atoms with Crippen LogP contribution >= 0.6 is 0 Å². The van der Waals surface area contributed by atoms with Crippen LogP contribution in [0.1, 0.15) is 64.5 Å². The molecule has 1 spiro atoms. The van der Waals surface area contributed by atoms with Crippen molar-refractivity contribution < 1.29 is 18.7 Å². The molecule has 3 aliphatic rings. The summed E-state index contributed by atoms with van der Waals surface area (Å²) < 4.78 is 25.4. The van der Waals surface area contributed by atoms with Crippen molar-refractivity contribution in [2.75, 3.05) is 13.7 Å². The maximum atomic E-state index is 13.9. The Morgan fingerprint density at radius 2 is 2.18 bits per heavy atom. The number of carbonyl (C=O) groups is 1. The normalized spacial score (nSPS) is 35.5. The maximum Gasteiger partial charge on any atom is 0.220 e. The molecule has 1 aromatic carbocycles. The van der Waals surface area contributed by atoms with Crippen molar-refractivity contribution in [1.82, 2.24) is 5.32 Å². The van der Waals surface area contributed by atoms with Crippen molar-refractivity contribution in [2.24, 2.45) is 22.7 Å². The molecule has 2 bridgehead atoms. The largest absolute Gasteiger partial charge is 0.494 e. The number of methoxy groups -OCH3 is 1. The standard InChI is InChI=1S/C23H32FNO3/c1-5-6-19(26)25-21-22(2,3)15-12-16-20(28-10-9-23(16,21)13-15)14-7-8-17(24)18(11-14)27-4/h7-8,11,15-16,20-21H,5-6,9-10,12-13H2,1-4H3,(H,25,26)/t15-,16-,20-,21-,23?/m1/s1. The Morgan fingerprint density at radius 3 is 2.89 bits per heavy atom. The molecule has 4 nitrogen and oxygen atoms in total. The average molecular weight is 390 g/mol. The van der Waals surface area contributed by atoms with Crippen molar-refractivity contribution in [1.29, 1.82) is 0 Å². The third-order valence-corrected chi connectivity index (χ3v) is 7.79. The number of hydrogen-bond donors (Lipinski definition) is 1. The van der Waals surface area contributed by atoms with E-state index in [9.17, 15) is 9.18 Å². The van der Waals surface area contributed by atoms with Crippen molar-refractivity contribution >= 4 is 5.91 Å². The summed E-state index contributed by atoms with van der Waals surface area (Å²) in [7, 11) is 1.49. The highest BCUT2D eigenvalue weighted by Crippen LogP contribution is 2.70. The van der Waals surface area contributed by atoms with Gasteiger partial charge in [-0.1, -0.05) is 26.8 Å². The number of halogens is 1. The van der Waals surface area contributed by atoms with E-state index >= 15 is 0 Å². The first-order valence-electron chi connectivity index (χ1n) is 10.6. The number of amides is 1. The van der Waals surface area contributed by atoms with Gasteiger partial charge in [-0.25, -0.2) is 4.39 Å². The van der Waals surface area contributed by atoms with E-state index in [1.165, 1.54) is 13.2 Å². The molecule has 1 aromatic rings. The summed E-state index contributed by atoms with van der Waals surface area (Å²) >= 11 is 0. The second-order valence-corrected chi connectivity index (χ2v) is 9.48. The number of hydrogen-bond acceptors (Lipinski definition) is 3. The first kappa shape index (κ1) is 19.7. The predicted molar refractivity (Wildman–Crippen MR) is 106 cm³/mol. The summed E-state index contributed by atoms with van der Waals surface area (Å²) in [5.41, 5.74) is 1.12. The second kappa shape index (κ2) is 7.01. The number of carbonyl (C=O) groups excluding carboxylic acids is 1. The Bertz CT molecular complexity index is 764. The first-order valence-corrected chi connectivity index (χ1v) is 10.6. The topological polar surface area (TPSA) is 47.6 Å². The Kier molecular flexibility index (Phi) is 4.93. The van der Waals surface area contributed by atoms with Gasteiger partial charge in [0.15, 0.2) is 11.6 Å². The summed E-state index contributed by atoms with van der Waals surface area (Å²) in [5.74, 6) is 0.970. The molecule has 1 N–H and O–H groups in total. The summed E-state index contributed by atoms with van der Waals surface area (Å²) in [5, 5.41) is 3.42. The maximum absolute atomic E-state index is 13.9. The van der Waals surface area contributed by atoms with Gasteiger partial charge in [0.2, 0.25) is 5.91 Å². The summed E-state index contributed by atoms with van der Waals surface area (Å²) in [4.78, 5) is 12.5. The van der Waals surface area contributed by atoms with Crippen molar-refractivity contribution in [3.63, 3.8) is 0 Å². The highest BCUT2D eigenvalue weighted by atomic mass is 19.1. The molecule has 4 rings (SSSR count). The van der Waals surface area contributed by atoms with Gasteiger partial charge < -0.3 is 14.8 Å². The zero-order valence-corrected chi connectivity index (χ0v) is 17.4. The molecule has 154 valence electrons. The van der Waals surface area contributed by atoms with Crippen LogP contribution in [0.4, 0.5) is 4.39 Å². The van der Waals surface area contributed by atoms with Gasteiger partial charge in [-0.2, -0.15) is 0 Å². The molecule has 0 radical (unpaired) electrons. The van der Waals surface area contributed by atoms with Gasteiger partial charge in [0.05, 0.1) is 13.2 Å². The van der Waals surface area contributed by atoms with E-state index in [2.05, 4.69) is 19.2 Å². The lowest BCUT2D eigenvalue weighted by Gasteiger charge is -2.53. The fraction of sp³-hybridized carbons (Fsp3) is 0.696. The van der Waals surface area contributed by atoms with Crippen LogP contribution in [0.5, 0.6) is 5.75 Å². The van der Waals surface area contributed by atoms with E-state index < -0.39 is 0 Å². The number of benzene rings is 1. The monoisotopic (exact) mass is 389 g/mol. The minimum absolute atomic E-state index is 0.0576. The molecule has 28 heavy (non-hydrogen) atoms. The summed E-state index contributed by atoms with van der Waals surface area (Å²) in [6, 6.07) is 5.23. The highest BCUT2D eigenvalue weighted by Gasteiger charge is 2.68. The third kappa shape index (κ3) is 2.85. The number of ether oxygens (including phenoxy) is 2. The summed E-state index contributed by atoms with van der Waals surface area (Å²) in [6.45, 7) is 7.33. The van der Waals surface area contributed by atoms with E-state index in [-0.39, 0.29) is 40.4 Å². The molecular formula is C23H32FNO3. The summed E-state index contributed by atoms with van der Waals surface area (Å²) in [6.07, 6.45) is 4.57. The van der Waals surface area contributed by atoms with Gasteiger partial charge in [0.25, 0.3) is 0 Å². The van der Waals surface area contributed by atoms with Gasteiger partial charge in [-0.05, 0) is 66.0 Å². The van der Waals surface area contributed by atoms with Gasteiger partial charge in [0.1, 0.15) is 0 Å². The van der Waals surface area contributed by atoms with Crippen LogP contribution in [0.15, 0.2) is 18.2 Å². The fourth-order valence-corrected chi connectivity index (χ4v) is 6.43. The van der Waals surface area contributed by atoms with Gasteiger partial charge in [-0.15, -0.1) is 0 Å². The lowest BCUT2D eigenvalue weighted by molar-refractivity contribution is -0.137. The Balaban J connectivity index is 1.67. The zero-order chi connectivity index (χ0) is 20.1. The molecule has 0 aromatic heterocycles. The van der Waals surface area contributed by atoms with Crippen molar-refractivity contribution in [2.45, 2.75) is 65.0 Å². The van der Waals surface area contributed by atoms with Crippen molar-refractivity contribution in [3.05, 3.63) is 29.6 Å². The molecule has 2 saturated carbocycles. The van der Waals surface area contributed by atoms with E-state index in [1.54, 1.807) is 6.07 Å². The van der Waals surface area contributed by atoms with Gasteiger partial charge in [0, 0.05) is 19.1 Å². The first-order chi connectivity index (χ1) is 13.3.